The summed E-state index contributed by atoms with van der Waals surface area (Å²) in [5.74, 6) is 1.38. The second-order valence-corrected chi connectivity index (χ2v) is 2.50. The number of benzene rings is 1. The molecule has 0 heterocycles. The van der Waals surface area contributed by atoms with Crippen molar-refractivity contribution in [2.45, 2.75) is 0 Å². The fourth-order valence-corrected chi connectivity index (χ4v) is 0.996. The van der Waals surface area contributed by atoms with Crippen LogP contribution in [0.1, 0.15) is 0 Å². The molecule has 3 heteroatoms. The van der Waals surface area contributed by atoms with Crippen LogP contribution in [0, 0.1) is 0 Å². The Morgan fingerprint density at radius 1 is 1.09 bits per heavy atom. The van der Waals surface area contributed by atoms with E-state index in [2.05, 4.69) is 0 Å². The van der Waals surface area contributed by atoms with E-state index in [4.69, 9.17) is 25.5 Å². The molecule has 2 nitrogen and oxygen atoms in total. The van der Waals surface area contributed by atoms with Crippen molar-refractivity contribution in [3.8, 4) is 11.5 Å². The summed E-state index contributed by atoms with van der Waals surface area (Å²) in [4.78, 5) is 0. The van der Waals surface area contributed by atoms with Crippen molar-refractivity contribution in [1.29, 1.82) is 0 Å². The van der Waals surface area contributed by atoms with Crippen LogP contribution in [-0.4, -0.2) is 14.2 Å². The average Bonchev–Trinajstić information content (AvgIpc) is 2.04. The van der Waals surface area contributed by atoms with Gasteiger partial charge in [0, 0.05) is 0 Å². The minimum absolute atomic E-state index is 0.675. The van der Waals surface area contributed by atoms with Crippen LogP contribution < -0.4 is 13.9 Å². The summed E-state index contributed by atoms with van der Waals surface area (Å²) < 4.78 is 10.8. The number of rotatable bonds is 2. The Labute approximate surface area is 74.3 Å². The zero-order valence-electron chi connectivity index (χ0n) is 6.35. The quantitative estimate of drug-likeness (QED) is 0.660. The van der Waals surface area contributed by atoms with Crippen molar-refractivity contribution in [3.05, 3.63) is 18.2 Å². The Kier molecular flexibility index (Phi) is 2.80. The molecule has 1 aromatic rings. The fraction of sp³-hybridized carbons (Fsp3) is 0.250. The first kappa shape index (κ1) is 8.44. The number of ether oxygens (including phenoxy) is 2. The van der Waals surface area contributed by atoms with Gasteiger partial charge in [-0.05, 0) is 0 Å². The summed E-state index contributed by atoms with van der Waals surface area (Å²) in [5, 5.41) is 0. The maximum absolute atomic E-state index is 5.08. The Balaban J connectivity index is 3.06. The summed E-state index contributed by atoms with van der Waals surface area (Å²) >= 11 is 5.08. The first-order valence-corrected chi connectivity index (χ1v) is 3.58. The zero-order chi connectivity index (χ0) is 8.27. The fourth-order valence-electron chi connectivity index (χ4n) is 0.794. The summed E-state index contributed by atoms with van der Waals surface area (Å²) in [5.41, 5.74) is 0. The minimum atomic E-state index is 0.675. The molecule has 11 heavy (non-hydrogen) atoms. The maximum atomic E-state index is 5.08. The van der Waals surface area contributed by atoms with Gasteiger partial charge in [0.25, 0.3) is 0 Å². The second-order valence-electron chi connectivity index (χ2n) is 1.96. The Hall–Kier alpha value is -0.661. The van der Waals surface area contributed by atoms with E-state index in [1.165, 1.54) is 0 Å². The molecular weight excluding hydrogens is 192 g/mol. The van der Waals surface area contributed by atoms with Gasteiger partial charge in [-0.1, -0.05) is 0 Å². The topological polar surface area (TPSA) is 18.5 Å². The molecule has 1 aromatic carbocycles. The molecule has 0 N–H and O–H groups in total. The zero-order valence-corrected chi connectivity index (χ0v) is 7.29. The Morgan fingerprint density at radius 3 is 2.27 bits per heavy atom. The van der Waals surface area contributed by atoms with E-state index in [-0.39, 0.29) is 0 Å². The van der Waals surface area contributed by atoms with E-state index in [1.807, 2.05) is 0 Å². The van der Waals surface area contributed by atoms with Crippen molar-refractivity contribution < 1.29 is 25.5 Å². The summed E-state index contributed by atoms with van der Waals surface area (Å²) in [7, 11) is 3.18. The third kappa shape index (κ3) is 1.88. The van der Waals surface area contributed by atoms with E-state index in [9.17, 15) is 0 Å². The molecule has 0 unspecified atom stereocenters. The normalized spacial score (nSPS) is 9.45. The number of hydrogen-bond donors (Lipinski definition) is 0. The monoisotopic (exact) mass is 200 g/mol. The van der Waals surface area contributed by atoms with Crippen LogP contribution in [0.4, 0.5) is 0 Å². The van der Waals surface area contributed by atoms with Crippen LogP contribution in [-0.2, 0) is 16.0 Å². The van der Waals surface area contributed by atoms with E-state index in [0.717, 1.165) is 4.46 Å². The molecular formula is C8H9CuO2. The molecule has 0 bridgehead atoms. The standard InChI is InChI=1S/C8H9O2.Cu/c1-9-7-5-3-4-6-8(7)10-2;/h3,5-6H,1-2H3;. The van der Waals surface area contributed by atoms with Crippen LogP contribution in [0.5, 0.6) is 11.5 Å². The van der Waals surface area contributed by atoms with Gasteiger partial charge < -0.3 is 0 Å². The molecule has 0 aliphatic heterocycles. The summed E-state index contributed by atoms with van der Waals surface area (Å²) in [6.07, 6.45) is 0. The molecule has 0 aliphatic carbocycles. The van der Waals surface area contributed by atoms with Crippen molar-refractivity contribution in [2.24, 2.45) is 0 Å². The van der Waals surface area contributed by atoms with Gasteiger partial charge in [-0.15, -0.1) is 0 Å². The summed E-state index contributed by atoms with van der Waals surface area (Å²) in [6.45, 7) is 0. The third-order valence-corrected chi connectivity index (χ3v) is 1.61. The van der Waals surface area contributed by atoms with Gasteiger partial charge in [0.2, 0.25) is 0 Å². The molecule has 0 atom stereocenters. The molecule has 0 aromatic heterocycles. The van der Waals surface area contributed by atoms with Crippen LogP contribution in [0.15, 0.2) is 18.2 Å². The predicted molar refractivity (Wildman–Crippen MR) is 39.2 cm³/mol. The molecule has 0 radical (unpaired) electrons. The summed E-state index contributed by atoms with van der Waals surface area (Å²) in [6, 6.07) is 5.33. The van der Waals surface area contributed by atoms with Crippen molar-refractivity contribution >= 4 is 4.46 Å². The van der Waals surface area contributed by atoms with Crippen LogP contribution in [0.3, 0.4) is 0 Å². The Bertz CT molecular complexity index is 248. The van der Waals surface area contributed by atoms with Crippen molar-refractivity contribution in [2.75, 3.05) is 14.2 Å². The molecule has 0 aliphatic rings. The second kappa shape index (κ2) is 3.65. The van der Waals surface area contributed by atoms with Gasteiger partial charge in [-0.2, -0.15) is 0 Å². The van der Waals surface area contributed by atoms with Crippen LogP contribution in [0.25, 0.3) is 0 Å². The van der Waals surface area contributed by atoms with Crippen molar-refractivity contribution in [3.63, 3.8) is 0 Å². The average molecular weight is 201 g/mol. The van der Waals surface area contributed by atoms with Gasteiger partial charge >= 0.3 is 73.9 Å². The third-order valence-electron chi connectivity index (χ3n) is 1.32. The van der Waals surface area contributed by atoms with E-state index < -0.39 is 0 Å². The van der Waals surface area contributed by atoms with E-state index in [0.29, 0.717) is 11.5 Å². The molecule has 0 saturated carbocycles. The van der Waals surface area contributed by atoms with Gasteiger partial charge in [0.15, 0.2) is 0 Å². The van der Waals surface area contributed by atoms with E-state index in [1.54, 1.807) is 32.4 Å². The van der Waals surface area contributed by atoms with Gasteiger partial charge in [0.1, 0.15) is 0 Å². The van der Waals surface area contributed by atoms with Gasteiger partial charge in [-0.3, -0.25) is 0 Å². The molecule has 0 saturated heterocycles. The first-order valence-electron chi connectivity index (χ1n) is 3.11. The van der Waals surface area contributed by atoms with Crippen molar-refractivity contribution in [1.82, 2.24) is 0 Å². The van der Waals surface area contributed by atoms with Crippen LogP contribution in [0.2, 0.25) is 0 Å². The SMILES string of the molecule is COc1cc[c]([Cu])cc1OC. The van der Waals surface area contributed by atoms with Crippen LogP contribution >= 0.6 is 0 Å². The first-order chi connectivity index (χ1) is 5.27. The molecule has 0 amide bonds. The molecule has 0 spiro atoms. The van der Waals surface area contributed by atoms with Gasteiger partial charge in [0.05, 0.1) is 0 Å². The molecule has 0 fully saturated rings. The number of hydrogen-bond acceptors (Lipinski definition) is 2. The number of methoxy groups -OCH3 is 2. The van der Waals surface area contributed by atoms with Gasteiger partial charge in [-0.25, -0.2) is 0 Å². The molecule has 1 rings (SSSR count). The molecule has 64 valence electrons. The van der Waals surface area contributed by atoms with E-state index >= 15 is 0 Å². The Morgan fingerprint density at radius 2 is 1.73 bits per heavy atom. The predicted octanol–water partition coefficient (Wildman–Crippen LogP) is 0.876.